The number of aliphatic carboxylic acids is 1. The number of benzene rings is 1. The Morgan fingerprint density at radius 2 is 2.28 bits per heavy atom. The number of carbonyl (C=O) groups is 1. The molecule has 0 aliphatic rings. The Kier molecular flexibility index (Phi) is 3.95. The molecule has 1 aromatic heterocycles. The lowest BCUT2D eigenvalue weighted by Crippen LogP contribution is -2.22. The molecule has 8 heteroatoms. The Morgan fingerprint density at radius 1 is 1.50 bits per heavy atom. The molecule has 2 rings (SSSR count). The Labute approximate surface area is 112 Å². The van der Waals surface area contributed by atoms with Gasteiger partial charge in [-0.1, -0.05) is 11.6 Å². The number of aliphatic hydroxyl groups excluding tert-OH is 1. The van der Waals surface area contributed by atoms with E-state index in [-0.39, 0.29) is 13.0 Å². The number of halogens is 1. The van der Waals surface area contributed by atoms with Gasteiger partial charge in [0.2, 0.25) is 0 Å². The van der Waals surface area contributed by atoms with Crippen molar-refractivity contribution in [3.63, 3.8) is 0 Å². The maximum Gasteiger partial charge on any atom is 0.306 e. The average molecular weight is 288 g/mol. The van der Waals surface area contributed by atoms with E-state index in [9.17, 15) is 9.90 Å². The molecule has 0 saturated carbocycles. The zero-order chi connectivity index (χ0) is 13.1. The summed E-state index contributed by atoms with van der Waals surface area (Å²) in [6.45, 7) is 0.0860. The highest BCUT2D eigenvalue weighted by molar-refractivity contribution is 7.00. The first-order valence-corrected chi connectivity index (χ1v) is 6.23. The molecular weight excluding hydrogens is 278 g/mol. The third-order valence-electron chi connectivity index (χ3n) is 2.30. The van der Waals surface area contributed by atoms with Crippen LogP contribution in [0.3, 0.4) is 0 Å². The number of carboxylic acids is 1. The van der Waals surface area contributed by atoms with Crippen LogP contribution in [-0.4, -0.2) is 37.6 Å². The van der Waals surface area contributed by atoms with E-state index in [0.29, 0.717) is 21.7 Å². The van der Waals surface area contributed by atoms with Gasteiger partial charge in [-0.15, -0.1) is 0 Å². The van der Waals surface area contributed by atoms with Gasteiger partial charge in [-0.3, -0.25) is 4.79 Å². The van der Waals surface area contributed by atoms with Gasteiger partial charge in [0.05, 0.1) is 35.0 Å². The molecule has 1 heterocycles. The largest absolute Gasteiger partial charge is 0.481 e. The topological polar surface area (TPSA) is 95.3 Å². The molecule has 2 aromatic rings. The van der Waals surface area contributed by atoms with Crippen molar-refractivity contribution in [3.8, 4) is 0 Å². The molecule has 3 N–H and O–H groups in total. The second-order valence-electron chi connectivity index (χ2n) is 3.69. The van der Waals surface area contributed by atoms with Crippen LogP contribution in [0, 0.1) is 0 Å². The Balaban J connectivity index is 2.13. The predicted octanol–water partition coefficient (Wildman–Crippen LogP) is 1.59. The van der Waals surface area contributed by atoms with E-state index < -0.39 is 12.1 Å². The summed E-state index contributed by atoms with van der Waals surface area (Å²) >= 11 is 7.09. The number of hydrogen-bond acceptors (Lipinski definition) is 6. The Morgan fingerprint density at radius 3 is 3.00 bits per heavy atom. The predicted molar refractivity (Wildman–Crippen MR) is 69.2 cm³/mol. The van der Waals surface area contributed by atoms with Gasteiger partial charge in [0.25, 0.3) is 0 Å². The van der Waals surface area contributed by atoms with Gasteiger partial charge in [0.15, 0.2) is 0 Å². The van der Waals surface area contributed by atoms with Crippen LogP contribution in [0.25, 0.3) is 11.0 Å². The molecule has 0 bridgehead atoms. The minimum atomic E-state index is -1.05. The number of rotatable bonds is 5. The zero-order valence-electron chi connectivity index (χ0n) is 9.13. The van der Waals surface area contributed by atoms with Crippen molar-refractivity contribution >= 4 is 46.0 Å². The highest BCUT2D eigenvalue weighted by atomic mass is 35.5. The van der Waals surface area contributed by atoms with Crippen molar-refractivity contribution in [1.29, 1.82) is 0 Å². The quantitative estimate of drug-likeness (QED) is 0.773. The minimum absolute atomic E-state index is 0.0860. The third-order valence-corrected chi connectivity index (χ3v) is 3.16. The van der Waals surface area contributed by atoms with Crippen molar-refractivity contribution in [2.24, 2.45) is 0 Å². The van der Waals surface area contributed by atoms with E-state index in [4.69, 9.17) is 16.7 Å². The van der Waals surface area contributed by atoms with Gasteiger partial charge >= 0.3 is 5.97 Å². The molecule has 18 heavy (non-hydrogen) atoms. The molecule has 0 aliphatic heterocycles. The fourth-order valence-corrected chi connectivity index (χ4v) is 2.25. The van der Waals surface area contributed by atoms with Crippen molar-refractivity contribution in [2.75, 3.05) is 11.9 Å². The lowest BCUT2D eigenvalue weighted by molar-refractivity contribution is -0.138. The molecule has 0 radical (unpaired) electrons. The smallest absolute Gasteiger partial charge is 0.306 e. The highest BCUT2D eigenvalue weighted by Crippen LogP contribution is 2.29. The summed E-state index contributed by atoms with van der Waals surface area (Å²) < 4.78 is 8.18. The average Bonchev–Trinajstić information content (AvgIpc) is 2.74. The number of aliphatic hydroxyl groups is 1. The van der Waals surface area contributed by atoms with Crippen molar-refractivity contribution in [3.05, 3.63) is 17.2 Å². The molecule has 1 atom stereocenters. The van der Waals surface area contributed by atoms with Crippen LogP contribution in [0.5, 0.6) is 0 Å². The summed E-state index contributed by atoms with van der Waals surface area (Å²) in [5.74, 6) is -1.05. The van der Waals surface area contributed by atoms with Crippen LogP contribution >= 0.6 is 23.3 Å². The standard InChI is InChI=1S/C10H10ClN3O3S/c11-6-1-2-7-10(14-18-13-7)9(6)12-4-5(15)3-8(16)17/h1-2,5,12,15H,3-4H2,(H,16,17). The van der Waals surface area contributed by atoms with Gasteiger partial charge in [-0.2, -0.15) is 8.75 Å². The highest BCUT2D eigenvalue weighted by Gasteiger charge is 2.13. The van der Waals surface area contributed by atoms with E-state index in [2.05, 4.69) is 14.1 Å². The van der Waals surface area contributed by atoms with Gasteiger partial charge in [-0.25, -0.2) is 0 Å². The number of aromatic nitrogens is 2. The zero-order valence-corrected chi connectivity index (χ0v) is 10.7. The van der Waals surface area contributed by atoms with Crippen molar-refractivity contribution < 1.29 is 15.0 Å². The second kappa shape index (κ2) is 5.47. The number of fused-ring (bicyclic) bond motifs is 1. The van der Waals surface area contributed by atoms with Crippen LogP contribution in [0.15, 0.2) is 12.1 Å². The molecule has 0 amide bonds. The molecule has 0 fully saturated rings. The first-order chi connectivity index (χ1) is 8.58. The van der Waals surface area contributed by atoms with E-state index in [1.165, 1.54) is 0 Å². The van der Waals surface area contributed by atoms with E-state index >= 15 is 0 Å². The first kappa shape index (κ1) is 13.0. The van der Waals surface area contributed by atoms with Crippen LogP contribution in [0.1, 0.15) is 6.42 Å². The second-order valence-corrected chi connectivity index (χ2v) is 4.62. The van der Waals surface area contributed by atoms with E-state index in [0.717, 1.165) is 11.7 Å². The monoisotopic (exact) mass is 287 g/mol. The van der Waals surface area contributed by atoms with E-state index in [1.54, 1.807) is 12.1 Å². The van der Waals surface area contributed by atoms with Crippen LogP contribution in [0.2, 0.25) is 5.02 Å². The molecule has 1 unspecified atom stereocenters. The molecule has 0 saturated heterocycles. The summed E-state index contributed by atoms with van der Waals surface area (Å²) in [7, 11) is 0. The number of carboxylic acid groups (broad SMARTS) is 1. The van der Waals surface area contributed by atoms with Gasteiger partial charge in [0, 0.05) is 6.54 Å². The van der Waals surface area contributed by atoms with Crippen LogP contribution in [0.4, 0.5) is 5.69 Å². The molecule has 96 valence electrons. The SMILES string of the molecule is O=C(O)CC(O)CNc1c(Cl)ccc2nsnc12. The summed E-state index contributed by atoms with van der Waals surface area (Å²) in [6.07, 6.45) is -1.31. The minimum Gasteiger partial charge on any atom is -0.481 e. The van der Waals surface area contributed by atoms with Gasteiger partial charge < -0.3 is 15.5 Å². The van der Waals surface area contributed by atoms with Crippen LogP contribution in [-0.2, 0) is 4.79 Å². The maximum atomic E-state index is 10.4. The lowest BCUT2D eigenvalue weighted by Gasteiger charge is -2.12. The molecule has 0 aliphatic carbocycles. The van der Waals surface area contributed by atoms with Crippen molar-refractivity contribution in [1.82, 2.24) is 8.75 Å². The number of anilines is 1. The molecular formula is C10H10ClN3O3S. The molecule has 6 nitrogen and oxygen atoms in total. The number of nitrogens with one attached hydrogen (secondary N) is 1. The Hall–Kier alpha value is -1.44. The van der Waals surface area contributed by atoms with Crippen LogP contribution < -0.4 is 5.32 Å². The summed E-state index contributed by atoms with van der Waals surface area (Å²) in [5.41, 5.74) is 1.89. The lowest BCUT2D eigenvalue weighted by atomic mass is 10.2. The molecule has 0 spiro atoms. The fourth-order valence-electron chi connectivity index (χ4n) is 1.49. The summed E-state index contributed by atoms with van der Waals surface area (Å²) in [4.78, 5) is 10.4. The molecule has 1 aromatic carbocycles. The number of hydrogen-bond donors (Lipinski definition) is 3. The van der Waals surface area contributed by atoms with Crippen molar-refractivity contribution in [2.45, 2.75) is 12.5 Å². The van der Waals surface area contributed by atoms with Gasteiger partial charge in [0.1, 0.15) is 11.0 Å². The van der Waals surface area contributed by atoms with E-state index in [1.807, 2.05) is 0 Å². The fraction of sp³-hybridized carbons (Fsp3) is 0.300. The maximum absolute atomic E-state index is 10.4. The van der Waals surface area contributed by atoms with Gasteiger partial charge in [-0.05, 0) is 12.1 Å². The normalized spacial score (nSPS) is 12.6. The number of nitrogens with zero attached hydrogens (tertiary/aromatic N) is 2. The Bertz CT molecular complexity index is 574. The first-order valence-electron chi connectivity index (χ1n) is 5.12. The summed E-state index contributed by atoms with van der Waals surface area (Å²) in [6, 6.07) is 3.43. The third kappa shape index (κ3) is 2.87. The summed E-state index contributed by atoms with van der Waals surface area (Å²) in [5, 5.41) is 21.4.